The van der Waals surface area contributed by atoms with Gasteiger partial charge in [-0.3, -0.25) is 0 Å². The van der Waals surface area contributed by atoms with Gasteiger partial charge in [-0.1, -0.05) is 22.4 Å². The maximum atomic E-state index is 9.03. The summed E-state index contributed by atoms with van der Waals surface area (Å²) in [4.78, 5) is 0. The van der Waals surface area contributed by atoms with Crippen LogP contribution >= 0.6 is 15.9 Å². The van der Waals surface area contributed by atoms with E-state index in [0.717, 1.165) is 17.4 Å². The number of hydrogen-bond donors (Lipinski definition) is 1. The van der Waals surface area contributed by atoms with E-state index in [2.05, 4.69) is 27.3 Å². The molecule has 3 nitrogen and oxygen atoms in total. The van der Waals surface area contributed by atoms with Crippen LogP contribution in [0.15, 0.2) is 22.7 Å². The first-order valence-electron chi connectivity index (χ1n) is 6.35. The molecule has 2 rings (SSSR count). The van der Waals surface area contributed by atoms with E-state index in [-0.39, 0.29) is 0 Å². The van der Waals surface area contributed by atoms with Crippen LogP contribution in [0.4, 0.5) is 0 Å². The van der Waals surface area contributed by atoms with Crippen LogP contribution in [0.1, 0.15) is 31.2 Å². The first-order chi connectivity index (χ1) is 8.79. The molecule has 0 bridgehead atoms. The summed E-state index contributed by atoms with van der Waals surface area (Å²) in [7, 11) is 0. The Morgan fingerprint density at radius 1 is 1.44 bits per heavy atom. The highest BCUT2D eigenvalue weighted by Gasteiger charge is 2.12. The van der Waals surface area contributed by atoms with Gasteiger partial charge in [0.05, 0.1) is 12.2 Å². The molecule has 1 fully saturated rings. The molecule has 18 heavy (non-hydrogen) atoms. The summed E-state index contributed by atoms with van der Waals surface area (Å²) in [5.41, 5.74) is 0.584. The first kappa shape index (κ1) is 13.4. The van der Waals surface area contributed by atoms with Crippen molar-refractivity contribution >= 4 is 15.9 Å². The van der Waals surface area contributed by atoms with Crippen LogP contribution in [-0.2, 0) is 0 Å². The highest BCUT2D eigenvalue weighted by atomic mass is 79.9. The average molecular weight is 309 g/mol. The van der Waals surface area contributed by atoms with Gasteiger partial charge in [-0.05, 0) is 44.0 Å². The fourth-order valence-electron chi connectivity index (χ4n) is 2.20. The van der Waals surface area contributed by atoms with Gasteiger partial charge in [0.25, 0.3) is 0 Å². The predicted octanol–water partition coefficient (Wildman–Crippen LogP) is 3.23. The fraction of sp³-hybridized carbons (Fsp3) is 0.500. The van der Waals surface area contributed by atoms with Crippen LogP contribution in [0.3, 0.4) is 0 Å². The standard InChI is InChI=1S/C14H17BrN2O/c15-12-4-5-14(11(9-12)10-16)18-8-6-13-3-1-2-7-17-13/h4-5,9,13,17H,1-3,6-8H2. The lowest BCUT2D eigenvalue weighted by Crippen LogP contribution is -2.35. The lowest BCUT2D eigenvalue weighted by molar-refractivity contribution is 0.267. The lowest BCUT2D eigenvalue weighted by Gasteiger charge is -2.23. The number of piperidine rings is 1. The topological polar surface area (TPSA) is 45.0 Å². The molecular formula is C14H17BrN2O. The minimum Gasteiger partial charge on any atom is -0.492 e. The van der Waals surface area contributed by atoms with Crippen LogP contribution in [-0.4, -0.2) is 19.2 Å². The van der Waals surface area contributed by atoms with Gasteiger partial charge in [-0.25, -0.2) is 0 Å². The second-order valence-corrected chi connectivity index (χ2v) is 5.45. The molecule has 1 aliphatic rings. The molecule has 0 radical (unpaired) electrons. The number of benzene rings is 1. The minimum absolute atomic E-state index is 0.569. The monoisotopic (exact) mass is 308 g/mol. The molecule has 0 aromatic heterocycles. The van der Waals surface area contributed by atoms with E-state index in [4.69, 9.17) is 10.00 Å². The van der Waals surface area contributed by atoms with E-state index < -0.39 is 0 Å². The van der Waals surface area contributed by atoms with Crippen LogP contribution in [0.25, 0.3) is 0 Å². The third kappa shape index (κ3) is 3.72. The normalized spacial score (nSPS) is 19.2. The summed E-state index contributed by atoms with van der Waals surface area (Å²) in [6.07, 6.45) is 4.82. The van der Waals surface area contributed by atoms with Crippen molar-refractivity contribution in [3.8, 4) is 11.8 Å². The first-order valence-corrected chi connectivity index (χ1v) is 7.15. The van der Waals surface area contributed by atoms with Crippen LogP contribution in [0.5, 0.6) is 5.75 Å². The molecule has 1 atom stereocenters. The molecule has 1 unspecified atom stereocenters. The van der Waals surface area contributed by atoms with Gasteiger partial charge >= 0.3 is 0 Å². The number of halogens is 1. The minimum atomic E-state index is 0.569. The molecule has 1 saturated heterocycles. The van der Waals surface area contributed by atoms with Crippen molar-refractivity contribution in [3.63, 3.8) is 0 Å². The number of rotatable bonds is 4. The second kappa shape index (κ2) is 6.77. The molecule has 1 aromatic rings. The van der Waals surface area contributed by atoms with Gasteiger partial charge in [0.2, 0.25) is 0 Å². The lowest BCUT2D eigenvalue weighted by atomic mass is 10.0. The van der Waals surface area contributed by atoms with Crippen molar-refractivity contribution in [1.29, 1.82) is 5.26 Å². The van der Waals surface area contributed by atoms with Gasteiger partial charge in [0, 0.05) is 10.5 Å². The van der Waals surface area contributed by atoms with E-state index in [9.17, 15) is 0 Å². The average Bonchev–Trinajstić information content (AvgIpc) is 2.41. The van der Waals surface area contributed by atoms with Crippen molar-refractivity contribution in [2.75, 3.05) is 13.2 Å². The Hall–Kier alpha value is -1.05. The molecule has 4 heteroatoms. The van der Waals surface area contributed by atoms with Crippen LogP contribution in [0.2, 0.25) is 0 Å². The molecule has 1 N–H and O–H groups in total. The number of nitriles is 1. The molecule has 1 aromatic carbocycles. The third-order valence-electron chi connectivity index (χ3n) is 3.20. The van der Waals surface area contributed by atoms with Crippen molar-refractivity contribution in [3.05, 3.63) is 28.2 Å². The Kier molecular flexibility index (Phi) is 5.03. The Bertz CT molecular complexity index is 436. The molecule has 1 aliphatic heterocycles. The Morgan fingerprint density at radius 2 is 2.33 bits per heavy atom. The third-order valence-corrected chi connectivity index (χ3v) is 3.69. The summed E-state index contributed by atoms with van der Waals surface area (Å²) < 4.78 is 6.61. The zero-order chi connectivity index (χ0) is 12.8. The van der Waals surface area contributed by atoms with E-state index in [1.54, 1.807) is 6.07 Å². The predicted molar refractivity (Wildman–Crippen MR) is 74.6 cm³/mol. The molecule has 0 aliphatic carbocycles. The smallest absolute Gasteiger partial charge is 0.137 e. The highest BCUT2D eigenvalue weighted by molar-refractivity contribution is 9.10. The van der Waals surface area contributed by atoms with Gasteiger partial charge in [0.1, 0.15) is 11.8 Å². The van der Waals surface area contributed by atoms with Crippen molar-refractivity contribution < 1.29 is 4.74 Å². The van der Waals surface area contributed by atoms with Gasteiger partial charge in [0.15, 0.2) is 0 Å². The molecule has 1 heterocycles. The van der Waals surface area contributed by atoms with Gasteiger partial charge < -0.3 is 10.1 Å². The van der Waals surface area contributed by atoms with Gasteiger partial charge in [-0.2, -0.15) is 5.26 Å². The molecule has 96 valence electrons. The number of nitrogens with one attached hydrogen (secondary N) is 1. The maximum Gasteiger partial charge on any atom is 0.137 e. The number of ether oxygens (including phenoxy) is 1. The summed E-state index contributed by atoms with van der Waals surface area (Å²) in [5.74, 6) is 0.677. The van der Waals surface area contributed by atoms with E-state index in [1.807, 2.05) is 12.1 Å². The van der Waals surface area contributed by atoms with Gasteiger partial charge in [-0.15, -0.1) is 0 Å². The summed E-state index contributed by atoms with van der Waals surface area (Å²) in [6, 6.07) is 8.25. The SMILES string of the molecule is N#Cc1cc(Br)ccc1OCCC1CCCCN1. The van der Waals surface area contributed by atoms with E-state index in [0.29, 0.717) is 24.0 Å². The van der Waals surface area contributed by atoms with Crippen LogP contribution in [0, 0.1) is 11.3 Å². The molecular weight excluding hydrogens is 292 g/mol. The Balaban J connectivity index is 1.84. The molecule has 0 amide bonds. The second-order valence-electron chi connectivity index (χ2n) is 4.54. The van der Waals surface area contributed by atoms with Crippen molar-refractivity contribution in [2.45, 2.75) is 31.7 Å². The number of hydrogen-bond acceptors (Lipinski definition) is 3. The Morgan fingerprint density at radius 3 is 3.06 bits per heavy atom. The quantitative estimate of drug-likeness (QED) is 0.929. The van der Waals surface area contributed by atoms with E-state index >= 15 is 0 Å². The zero-order valence-electron chi connectivity index (χ0n) is 10.3. The Labute approximate surface area is 116 Å². The molecule has 0 spiro atoms. The zero-order valence-corrected chi connectivity index (χ0v) is 11.9. The maximum absolute atomic E-state index is 9.03. The van der Waals surface area contributed by atoms with Crippen molar-refractivity contribution in [2.24, 2.45) is 0 Å². The van der Waals surface area contributed by atoms with Crippen LogP contribution < -0.4 is 10.1 Å². The van der Waals surface area contributed by atoms with Crippen molar-refractivity contribution in [1.82, 2.24) is 5.32 Å². The summed E-state index contributed by atoms with van der Waals surface area (Å²) in [5, 5.41) is 12.5. The fourth-order valence-corrected chi connectivity index (χ4v) is 2.56. The highest BCUT2D eigenvalue weighted by Crippen LogP contribution is 2.22. The largest absolute Gasteiger partial charge is 0.492 e. The number of nitrogens with zero attached hydrogens (tertiary/aromatic N) is 1. The van der Waals surface area contributed by atoms with E-state index in [1.165, 1.54) is 19.3 Å². The summed E-state index contributed by atoms with van der Waals surface area (Å²) in [6.45, 7) is 1.78. The molecule has 0 saturated carbocycles. The summed E-state index contributed by atoms with van der Waals surface area (Å²) >= 11 is 3.35.